The number of hydrogen-bond donors (Lipinski definition) is 2. The number of carboxylic acid groups (broad SMARTS) is 1. The molecule has 2 saturated heterocycles. The number of para-hydroxylation sites is 1. The molecule has 1 aromatic heterocycles. The van der Waals surface area contributed by atoms with Crippen LogP contribution in [-0.2, 0) is 25.6 Å². The van der Waals surface area contributed by atoms with Gasteiger partial charge in [0.15, 0.2) is 0 Å². The number of carbonyl (C=O) groups excluding carboxylic acids is 3. The number of nitrogens with one attached hydrogen (secondary N) is 1. The Bertz CT molecular complexity index is 1470. The number of carboxylic acids is 1. The number of amides is 3. The number of aromatic amines is 1. The molecule has 0 spiro atoms. The molecule has 3 aromatic rings. The second kappa shape index (κ2) is 9.53. The smallest absolute Gasteiger partial charge is 0.327 e. The van der Waals surface area contributed by atoms with E-state index in [1.54, 1.807) is 36.5 Å². The summed E-state index contributed by atoms with van der Waals surface area (Å²) in [6.45, 7) is 0. The lowest BCUT2D eigenvalue weighted by atomic mass is 10.0. The second-order valence-corrected chi connectivity index (χ2v) is 10.5. The molecule has 8 nitrogen and oxygen atoms in total. The lowest BCUT2D eigenvalue weighted by molar-refractivity contribution is -0.154. The highest BCUT2D eigenvalue weighted by Crippen LogP contribution is 2.37. The molecule has 36 heavy (non-hydrogen) atoms. The highest BCUT2D eigenvalue weighted by molar-refractivity contribution is 8.26. The Labute approximate surface area is 219 Å². The third-order valence-corrected chi connectivity index (χ3v) is 7.73. The van der Waals surface area contributed by atoms with E-state index in [1.807, 2.05) is 24.3 Å². The summed E-state index contributed by atoms with van der Waals surface area (Å²) >= 11 is 12.3. The number of thioether (sulfide) groups is 1. The van der Waals surface area contributed by atoms with Gasteiger partial charge in [0.25, 0.3) is 11.8 Å². The van der Waals surface area contributed by atoms with Gasteiger partial charge in [-0.2, -0.15) is 0 Å². The highest BCUT2D eigenvalue weighted by Gasteiger charge is 2.51. The summed E-state index contributed by atoms with van der Waals surface area (Å²) in [4.78, 5) is 56.9. The standard InChI is InChI=1S/C25H18ClN3O5S2/c26-15-7-5-13(6-8-15)9-20-23(32)29(25(35)36-20)18-11-21(30)28(22(18)31)19(24(33)34)10-14-12-27-17-4-2-1-3-16(14)17/h1-9,12,18-19,27H,10-11H2,(H,33,34)/b20-9-/t18-,19-/m0/s1. The van der Waals surface area contributed by atoms with Crippen LogP contribution < -0.4 is 0 Å². The number of rotatable bonds is 6. The molecule has 5 rings (SSSR count). The van der Waals surface area contributed by atoms with Gasteiger partial charge in [-0.25, -0.2) is 4.79 Å². The van der Waals surface area contributed by atoms with Crippen LogP contribution >= 0.6 is 35.6 Å². The van der Waals surface area contributed by atoms with Gasteiger partial charge in [-0.15, -0.1) is 0 Å². The van der Waals surface area contributed by atoms with E-state index < -0.39 is 35.8 Å². The summed E-state index contributed by atoms with van der Waals surface area (Å²) in [6.07, 6.45) is 2.90. The van der Waals surface area contributed by atoms with Crippen molar-refractivity contribution < 1.29 is 24.3 Å². The maximum atomic E-state index is 13.4. The van der Waals surface area contributed by atoms with E-state index in [0.29, 0.717) is 15.5 Å². The molecule has 2 atom stereocenters. The Kier molecular flexibility index (Phi) is 6.42. The van der Waals surface area contributed by atoms with E-state index in [-0.39, 0.29) is 17.2 Å². The maximum Gasteiger partial charge on any atom is 0.327 e. The number of aliphatic carboxylic acids is 1. The molecular formula is C25H18ClN3O5S2. The van der Waals surface area contributed by atoms with Crippen LogP contribution in [0, 0.1) is 0 Å². The molecule has 2 aliphatic rings. The normalized spacial score (nSPS) is 20.2. The number of imide groups is 1. The van der Waals surface area contributed by atoms with Gasteiger partial charge in [0.2, 0.25) is 5.91 Å². The van der Waals surface area contributed by atoms with E-state index in [9.17, 15) is 24.3 Å². The molecule has 2 N–H and O–H groups in total. The number of carbonyl (C=O) groups is 4. The van der Waals surface area contributed by atoms with Crippen molar-refractivity contribution in [3.05, 3.63) is 75.8 Å². The SMILES string of the molecule is O=C(O)[C@H](Cc1c[nH]c2ccccc12)N1C(=O)C[C@H](N2C(=O)/C(=C/c3ccc(Cl)cc3)SC2=S)C1=O. The molecule has 0 unspecified atom stereocenters. The number of H-pyrrole nitrogens is 1. The zero-order valence-electron chi connectivity index (χ0n) is 18.5. The van der Waals surface area contributed by atoms with Crippen LogP contribution in [0.5, 0.6) is 0 Å². The highest BCUT2D eigenvalue weighted by atomic mass is 35.5. The summed E-state index contributed by atoms with van der Waals surface area (Å²) in [5.41, 5.74) is 2.21. The molecule has 3 heterocycles. The first-order valence-corrected chi connectivity index (χ1v) is 12.5. The van der Waals surface area contributed by atoms with Crippen molar-refractivity contribution >= 4 is 80.6 Å². The van der Waals surface area contributed by atoms with Gasteiger partial charge < -0.3 is 10.1 Å². The third kappa shape index (κ3) is 4.32. The maximum absolute atomic E-state index is 13.4. The van der Waals surface area contributed by atoms with E-state index in [0.717, 1.165) is 38.0 Å². The van der Waals surface area contributed by atoms with Crippen molar-refractivity contribution in [1.82, 2.24) is 14.8 Å². The summed E-state index contributed by atoms with van der Waals surface area (Å²) < 4.78 is 0.136. The summed E-state index contributed by atoms with van der Waals surface area (Å²) in [5.74, 6) is -3.23. The minimum atomic E-state index is -1.42. The molecule has 0 bridgehead atoms. The Balaban J connectivity index is 1.40. The minimum absolute atomic E-state index is 0.0710. The topological polar surface area (TPSA) is 111 Å². The van der Waals surface area contributed by atoms with Crippen LogP contribution in [0.1, 0.15) is 17.5 Å². The minimum Gasteiger partial charge on any atom is -0.480 e. The summed E-state index contributed by atoms with van der Waals surface area (Å²) in [7, 11) is 0. The number of thiocarbonyl (C=S) groups is 1. The first kappa shape index (κ1) is 24.2. The molecule has 0 radical (unpaired) electrons. The largest absolute Gasteiger partial charge is 0.480 e. The molecular weight excluding hydrogens is 522 g/mol. The van der Waals surface area contributed by atoms with E-state index >= 15 is 0 Å². The van der Waals surface area contributed by atoms with Gasteiger partial charge in [-0.05, 0) is 35.4 Å². The van der Waals surface area contributed by atoms with Crippen LogP contribution in [0.2, 0.25) is 5.02 Å². The van der Waals surface area contributed by atoms with Crippen molar-refractivity contribution in [2.75, 3.05) is 0 Å². The molecule has 2 aromatic carbocycles. The van der Waals surface area contributed by atoms with Crippen LogP contribution in [-0.4, -0.2) is 60.0 Å². The monoisotopic (exact) mass is 539 g/mol. The molecule has 3 amide bonds. The zero-order chi connectivity index (χ0) is 25.6. The third-order valence-electron chi connectivity index (χ3n) is 6.15. The first-order valence-electron chi connectivity index (χ1n) is 10.9. The number of aromatic nitrogens is 1. The predicted molar refractivity (Wildman–Crippen MR) is 140 cm³/mol. The molecule has 0 saturated carbocycles. The van der Waals surface area contributed by atoms with Crippen molar-refractivity contribution in [3.8, 4) is 0 Å². The van der Waals surface area contributed by atoms with Crippen LogP contribution in [0.15, 0.2) is 59.6 Å². The van der Waals surface area contributed by atoms with Gasteiger partial charge in [0, 0.05) is 28.5 Å². The fraction of sp³-hybridized carbons (Fsp3) is 0.160. The average molecular weight is 540 g/mol. The van der Waals surface area contributed by atoms with Gasteiger partial charge in [0.1, 0.15) is 16.4 Å². The van der Waals surface area contributed by atoms with Gasteiger partial charge in [-0.1, -0.05) is 65.9 Å². The Hall–Kier alpha value is -3.47. The van der Waals surface area contributed by atoms with Crippen LogP contribution in [0.4, 0.5) is 0 Å². The van der Waals surface area contributed by atoms with Gasteiger partial charge in [0.05, 0.1) is 11.3 Å². The molecule has 2 aliphatic heterocycles. The fourth-order valence-electron chi connectivity index (χ4n) is 4.42. The van der Waals surface area contributed by atoms with Crippen molar-refractivity contribution in [2.24, 2.45) is 0 Å². The molecule has 11 heteroatoms. The summed E-state index contributed by atoms with van der Waals surface area (Å²) in [5, 5.41) is 11.3. The van der Waals surface area contributed by atoms with Crippen LogP contribution in [0.3, 0.4) is 0 Å². The first-order chi connectivity index (χ1) is 17.2. The van der Waals surface area contributed by atoms with Gasteiger partial charge >= 0.3 is 5.97 Å². The number of hydrogen-bond acceptors (Lipinski definition) is 6. The Morgan fingerprint density at radius 2 is 1.92 bits per heavy atom. The van der Waals surface area contributed by atoms with E-state index in [4.69, 9.17) is 23.8 Å². The van der Waals surface area contributed by atoms with E-state index in [2.05, 4.69) is 4.98 Å². The number of likely N-dealkylation sites (tertiary alicyclic amines) is 1. The molecule has 0 aliphatic carbocycles. The van der Waals surface area contributed by atoms with Crippen LogP contribution in [0.25, 0.3) is 17.0 Å². The van der Waals surface area contributed by atoms with E-state index in [1.165, 1.54) is 0 Å². The van der Waals surface area contributed by atoms with Gasteiger partial charge in [-0.3, -0.25) is 24.2 Å². The predicted octanol–water partition coefficient (Wildman–Crippen LogP) is 3.85. The van der Waals surface area contributed by atoms with Crippen molar-refractivity contribution in [3.63, 3.8) is 0 Å². The fourth-order valence-corrected chi connectivity index (χ4v) is 5.90. The Morgan fingerprint density at radius 1 is 1.19 bits per heavy atom. The Morgan fingerprint density at radius 3 is 2.64 bits per heavy atom. The molecule has 2 fully saturated rings. The van der Waals surface area contributed by atoms with Crippen molar-refractivity contribution in [2.45, 2.75) is 24.9 Å². The number of fused-ring (bicyclic) bond motifs is 1. The lowest BCUT2D eigenvalue weighted by Crippen LogP contribution is -2.50. The second-order valence-electron chi connectivity index (χ2n) is 8.34. The number of benzene rings is 2. The van der Waals surface area contributed by atoms with Crippen molar-refractivity contribution in [1.29, 1.82) is 0 Å². The average Bonchev–Trinajstić information content (AvgIpc) is 3.47. The quantitative estimate of drug-likeness (QED) is 0.278. The number of halogens is 1. The zero-order valence-corrected chi connectivity index (χ0v) is 20.9. The summed E-state index contributed by atoms with van der Waals surface area (Å²) in [6, 6.07) is 11.6. The molecule has 182 valence electrons. The lowest BCUT2D eigenvalue weighted by Gasteiger charge is -2.25. The number of nitrogens with zero attached hydrogens (tertiary/aromatic N) is 2.